The van der Waals surface area contributed by atoms with Gasteiger partial charge in [0.15, 0.2) is 5.65 Å². The number of pyridine rings is 1. The van der Waals surface area contributed by atoms with Gasteiger partial charge in [0.2, 0.25) is 0 Å². The standard InChI is InChI=1S/C20H16ClN7O/c1-11-18(14-4-6-15(21)7-5-14)19-22-10-16-17(27(19)25-11)8-9-26(20(16)29)28-12(2)23-24-13(28)3/h4-10H,1-3H3. The average molecular weight is 406 g/mol. The number of aromatic nitrogens is 7. The first kappa shape index (κ1) is 17.6. The molecule has 0 spiro atoms. The molecule has 0 aliphatic heterocycles. The normalized spacial score (nSPS) is 11.6. The molecule has 0 atom stereocenters. The zero-order valence-corrected chi connectivity index (χ0v) is 16.7. The molecule has 144 valence electrons. The number of aryl methyl sites for hydroxylation is 3. The van der Waals surface area contributed by atoms with Crippen LogP contribution in [0.1, 0.15) is 17.3 Å². The third-order valence-electron chi connectivity index (χ3n) is 4.97. The minimum absolute atomic E-state index is 0.218. The molecule has 0 saturated heterocycles. The van der Waals surface area contributed by atoms with Gasteiger partial charge in [0.1, 0.15) is 11.6 Å². The van der Waals surface area contributed by atoms with E-state index in [-0.39, 0.29) is 5.56 Å². The molecule has 9 heteroatoms. The van der Waals surface area contributed by atoms with Gasteiger partial charge in [-0.25, -0.2) is 18.9 Å². The van der Waals surface area contributed by atoms with Crippen molar-refractivity contribution in [2.24, 2.45) is 0 Å². The molecule has 0 fully saturated rings. The van der Waals surface area contributed by atoms with E-state index in [0.29, 0.717) is 33.2 Å². The summed E-state index contributed by atoms with van der Waals surface area (Å²) in [6.07, 6.45) is 3.30. The molecule has 0 amide bonds. The van der Waals surface area contributed by atoms with Gasteiger partial charge in [-0.15, -0.1) is 10.2 Å². The molecule has 5 rings (SSSR count). The molecule has 0 saturated carbocycles. The van der Waals surface area contributed by atoms with Gasteiger partial charge in [-0.3, -0.25) is 4.79 Å². The predicted octanol–water partition coefficient (Wildman–Crippen LogP) is 3.19. The first-order valence-corrected chi connectivity index (χ1v) is 9.38. The van der Waals surface area contributed by atoms with Gasteiger partial charge in [0, 0.05) is 23.0 Å². The van der Waals surface area contributed by atoms with E-state index in [4.69, 9.17) is 11.6 Å². The Bertz CT molecular complexity index is 1440. The first-order chi connectivity index (χ1) is 14.0. The second-order valence-electron chi connectivity index (χ2n) is 6.83. The Hall–Kier alpha value is -3.52. The summed E-state index contributed by atoms with van der Waals surface area (Å²) in [6, 6.07) is 9.40. The van der Waals surface area contributed by atoms with Gasteiger partial charge in [0.05, 0.1) is 16.6 Å². The van der Waals surface area contributed by atoms with Crippen LogP contribution in [0.15, 0.2) is 47.5 Å². The highest BCUT2D eigenvalue weighted by Gasteiger charge is 2.17. The fraction of sp³-hybridized carbons (Fsp3) is 0.150. The summed E-state index contributed by atoms with van der Waals surface area (Å²) in [6.45, 7) is 5.52. The molecular formula is C20H16ClN7O. The van der Waals surface area contributed by atoms with Crippen molar-refractivity contribution in [3.05, 3.63) is 75.4 Å². The summed E-state index contributed by atoms with van der Waals surface area (Å²) in [4.78, 5) is 17.7. The van der Waals surface area contributed by atoms with Gasteiger partial charge in [0.25, 0.3) is 5.56 Å². The van der Waals surface area contributed by atoms with Crippen molar-refractivity contribution in [1.29, 1.82) is 0 Å². The molecule has 0 radical (unpaired) electrons. The van der Waals surface area contributed by atoms with Crippen LogP contribution in [0.5, 0.6) is 0 Å². The number of halogens is 1. The van der Waals surface area contributed by atoms with Crippen molar-refractivity contribution >= 4 is 28.2 Å². The van der Waals surface area contributed by atoms with Crippen LogP contribution in [0.2, 0.25) is 5.02 Å². The number of benzene rings is 1. The summed E-state index contributed by atoms with van der Waals surface area (Å²) in [7, 11) is 0. The molecule has 4 heterocycles. The van der Waals surface area contributed by atoms with E-state index in [1.807, 2.05) is 37.3 Å². The van der Waals surface area contributed by atoms with Gasteiger partial charge < -0.3 is 0 Å². The topological polar surface area (TPSA) is 82.9 Å². The second-order valence-corrected chi connectivity index (χ2v) is 7.27. The summed E-state index contributed by atoms with van der Waals surface area (Å²) in [5, 5.41) is 13.8. The average Bonchev–Trinajstić information content (AvgIpc) is 3.22. The number of fused-ring (bicyclic) bond motifs is 3. The highest BCUT2D eigenvalue weighted by Crippen LogP contribution is 2.29. The lowest BCUT2D eigenvalue weighted by Gasteiger charge is -2.11. The molecular weight excluding hydrogens is 390 g/mol. The van der Waals surface area contributed by atoms with Crippen molar-refractivity contribution in [3.63, 3.8) is 0 Å². The van der Waals surface area contributed by atoms with E-state index in [0.717, 1.165) is 16.8 Å². The molecule has 29 heavy (non-hydrogen) atoms. The zero-order chi connectivity index (χ0) is 20.3. The maximum atomic E-state index is 13.2. The fourth-order valence-electron chi connectivity index (χ4n) is 3.65. The Morgan fingerprint density at radius 3 is 2.34 bits per heavy atom. The van der Waals surface area contributed by atoms with Crippen molar-refractivity contribution < 1.29 is 0 Å². The molecule has 0 aliphatic carbocycles. The van der Waals surface area contributed by atoms with Crippen LogP contribution in [0.3, 0.4) is 0 Å². The van der Waals surface area contributed by atoms with Crippen LogP contribution in [-0.2, 0) is 0 Å². The summed E-state index contributed by atoms with van der Waals surface area (Å²) in [5.41, 5.74) is 3.86. The fourth-order valence-corrected chi connectivity index (χ4v) is 3.78. The number of hydrogen-bond acceptors (Lipinski definition) is 5. The molecule has 1 aromatic carbocycles. The highest BCUT2D eigenvalue weighted by atomic mass is 35.5. The third kappa shape index (κ3) is 2.56. The Morgan fingerprint density at radius 1 is 0.966 bits per heavy atom. The number of hydrogen-bond donors (Lipinski definition) is 0. The van der Waals surface area contributed by atoms with Crippen molar-refractivity contribution in [2.75, 3.05) is 0 Å². The lowest BCUT2D eigenvalue weighted by atomic mass is 10.1. The number of rotatable bonds is 2. The Kier molecular flexibility index (Phi) is 3.78. The molecule has 0 aliphatic rings. The monoisotopic (exact) mass is 405 g/mol. The van der Waals surface area contributed by atoms with Gasteiger partial charge >= 0.3 is 0 Å². The quantitative estimate of drug-likeness (QED) is 0.450. The van der Waals surface area contributed by atoms with E-state index >= 15 is 0 Å². The molecule has 5 aromatic rings. The summed E-state index contributed by atoms with van der Waals surface area (Å²) < 4.78 is 4.86. The minimum atomic E-state index is -0.218. The Balaban J connectivity index is 1.79. The van der Waals surface area contributed by atoms with Crippen molar-refractivity contribution in [2.45, 2.75) is 20.8 Å². The van der Waals surface area contributed by atoms with E-state index < -0.39 is 0 Å². The minimum Gasteiger partial charge on any atom is -0.267 e. The highest BCUT2D eigenvalue weighted by molar-refractivity contribution is 6.30. The molecule has 0 N–H and O–H groups in total. The lowest BCUT2D eigenvalue weighted by molar-refractivity contribution is 0.594. The molecule has 4 aromatic heterocycles. The first-order valence-electron chi connectivity index (χ1n) is 9.00. The van der Waals surface area contributed by atoms with Crippen LogP contribution in [0.25, 0.3) is 27.7 Å². The van der Waals surface area contributed by atoms with E-state index in [1.54, 1.807) is 35.4 Å². The second kappa shape index (κ2) is 6.25. The van der Waals surface area contributed by atoms with Crippen LogP contribution in [-0.4, -0.2) is 34.1 Å². The van der Waals surface area contributed by atoms with Crippen LogP contribution < -0.4 is 5.56 Å². The third-order valence-corrected chi connectivity index (χ3v) is 5.22. The smallest absolute Gasteiger partial charge is 0.267 e. The summed E-state index contributed by atoms with van der Waals surface area (Å²) >= 11 is 6.02. The molecule has 0 unspecified atom stereocenters. The zero-order valence-electron chi connectivity index (χ0n) is 16.0. The lowest BCUT2D eigenvalue weighted by Crippen LogP contribution is -2.27. The van der Waals surface area contributed by atoms with Gasteiger partial charge in [-0.1, -0.05) is 23.7 Å². The maximum absolute atomic E-state index is 13.2. The van der Waals surface area contributed by atoms with Crippen LogP contribution in [0.4, 0.5) is 0 Å². The van der Waals surface area contributed by atoms with Crippen molar-refractivity contribution in [3.8, 4) is 11.1 Å². The summed E-state index contributed by atoms with van der Waals surface area (Å²) in [5.74, 6) is 1.25. The van der Waals surface area contributed by atoms with E-state index in [1.165, 1.54) is 4.68 Å². The maximum Gasteiger partial charge on any atom is 0.280 e. The molecule has 0 bridgehead atoms. The van der Waals surface area contributed by atoms with Gasteiger partial charge in [-0.05, 0) is 44.5 Å². The van der Waals surface area contributed by atoms with Crippen LogP contribution >= 0.6 is 11.6 Å². The van der Waals surface area contributed by atoms with E-state index in [2.05, 4.69) is 20.3 Å². The predicted molar refractivity (Wildman–Crippen MR) is 110 cm³/mol. The Morgan fingerprint density at radius 2 is 1.66 bits per heavy atom. The van der Waals surface area contributed by atoms with Gasteiger partial charge in [-0.2, -0.15) is 5.10 Å². The van der Waals surface area contributed by atoms with E-state index in [9.17, 15) is 4.79 Å². The van der Waals surface area contributed by atoms with Crippen LogP contribution in [0, 0.1) is 20.8 Å². The Labute approximate surface area is 170 Å². The number of nitrogens with zero attached hydrogens (tertiary/aromatic N) is 7. The SMILES string of the molecule is Cc1nn2c(ncc3c(=O)n(-n4c(C)nnc4C)ccc32)c1-c1ccc(Cl)cc1. The molecule has 8 nitrogen and oxygen atoms in total. The largest absolute Gasteiger partial charge is 0.280 e. The van der Waals surface area contributed by atoms with Crippen molar-refractivity contribution in [1.82, 2.24) is 34.1 Å².